The van der Waals surface area contributed by atoms with Gasteiger partial charge in [-0.05, 0) is 19.8 Å². The largest absolute Gasteiger partial charge is 0.465 e. The first-order valence-corrected chi connectivity index (χ1v) is 6.42. The second-order valence-electron chi connectivity index (χ2n) is 4.12. The number of esters is 1. The maximum atomic E-state index is 12.0. The van der Waals surface area contributed by atoms with Crippen molar-refractivity contribution in [3.8, 4) is 0 Å². The van der Waals surface area contributed by atoms with Crippen LogP contribution in [-0.4, -0.2) is 32.4 Å². The minimum atomic E-state index is -0.526. The number of hydrogen-bond donors (Lipinski definition) is 0. The van der Waals surface area contributed by atoms with Crippen molar-refractivity contribution in [2.45, 2.75) is 31.6 Å². The molecule has 3 rings (SSSR count). The molecule has 7 heteroatoms. The summed E-state index contributed by atoms with van der Waals surface area (Å²) in [5, 5.41) is 12.9. The van der Waals surface area contributed by atoms with Gasteiger partial charge in [-0.2, -0.15) is 9.61 Å². The third-order valence-electron chi connectivity index (χ3n) is 3.17. The van der Waals surface area contributed by atoms with Gasteiger partial charge in [0.05, 0.1) is 6.61 Å². The van der Waals surface area contributed by atoms with Crippen LogP contribution in [0.2, 0.25) is 0 Å². The van der Waals surface area contributed by atoms with Crippen molar-refractivity contribution >= 4 is 22.3 Å². The Balaban J connectivity index is 1.99. The van der Waals surface area contributed by atoms with Crippen molar-refractivity contribution in [1.82, 2.24) is 19.8 Å². The lowest BCUT2D eigenvalue weighted by atomic mass is 9.69. The average molecular weight is 252 g/mol. The van der Waals surface area contributed by atoms with E-state index in [9.17, 15) is 4.79 Å². The van der Waals surface area contributed by atoms with E-state index in [4.69, 9.17) is 4.74 Å². The fraction of sp³-hybridized carbons (Fsp3) is 0.600. The molecule has 17 heavy (non-hydrogen) atoms. The van der Waals surface area contributed by atoms with Gasteiger partial charge in [-0.3, -0.25) is 4.79 Å². The smallest absolute Gasteiger partial charge is 0.319 e. The Morgan fingerprint density at radius 3 is 3.06 bits per heavy atom. The van der Waals surface area contributed by atoms with Gasteiger partial charge in [0, 0.05) is 0 Å². The molecule has 1 fully saturated rings. The van der Waals surface area contributed by atoms with Crippen molar-refractivity contribution in [3.05, 3.63) is 11.3 Å². The number of hydrogen-bond acceptors (Lipinski definition) is 6. The maximum Gasteiger partial charge on any atom is 0.319 e. The van der Waals surface area contributed by atoms with Crippen molar-refractivity contribution < 1.29 is 9.53 Å². The summed E-state index contributed by atoms with van der Waals surface area (Å²) in [6.07, 6.45) is 4.22. The summed E-state index contributed by atoms with van der Waals surface area (Å²) < 4.78 is 6.77. The molecule has 2 heterocycles. The van der Waals surface area contributed by atoms with E-state index in [1.165, 1.54) is 11.3 Å². The molecule has 1 aliphatic carbocycles. The molecule has 6 nitrogen and oxygen atoms in total. The van der Waals surface area contributed by atoms with Crippen LogP contribution in [0.5, 0.6) is 0 Å². The molecule has 0 atom stereocenters. The molecule has 90 valence electrons. The summed E-state index contributed by atoms with van der Waals surface area (Å²) in [6, 6.07) is 0. The van der Waals surface area contributed by atoms with Crippen molar-refractivity contribution in [1.29, 1.82) is 0 Å². The lowest BCUT2D eigenvalue weighted by Gasteiger charge is -2.36. The highest BCUT2D eigenvalue weighted by Crippen LogP contribution is 2.46. The first-order chi connectivity index (χ1) is 8.26. The fourth-order valence-electron chi connectivity index (χ4n) is 2.06. The Labute approximate surface area is 102 Å². The number of carbonyl (C=O) groups excluding carboxylic acids is 1. The molecular weight excluding hydrogens is 240 g/mol. The number of aromatic nitrogens is 4. The van der Waals surface area contributed by atoms with Gasteiger partial charge < -0.3 is 4.74 Å². The number of ether oxygens (including phenoxy) is 1. The number of nitrogens with zero attached hydrogens (tertiary/aromatic N) is 4. The van der Waals surface area contributed by atoms with Crippen LogP contribution in [0, 0.1) is 0 Å². The first kappa shape index (κ1) is 10.6. The summed E-state index contributed by atoms with van der Waals surface area (Å²) in [5.74, 6) is -0.156. The van der Waals surface area contributed by atoms with Crippen molar-refractivity contribution in [2.75, 3.05) is 6.61 Å². The summed E-state index contributed by atoms with van der Waals surface area (Å²) in [5.41, 5.74) is -0.526. The van der Waals surface area contributed by atoms with E-state index in [0.717, 1.165) is 29.2 Å². The van der Waals surface area contributed by atoms with E-state index in [-0.39, 0.29) is 5.97 Å². The predicted molar refractivity (Wildman–Crippen MR) is 60.8 cm³/mol. The SMILES string of the molecule is CCOC(=O)C1(c2nn3cnnc3s2)CCC1. The molecule has 1 saturated carbocycles. The van der Waals surface area contributed by atoms with Gasteiger partial charge in [-0.25, -0.2) is 0 Å². The lowest BCUT2D eigenvalue weighted by Crippen LogP contribution is -2.43. The van der Waals surface area contributed by atoms with Gasteiger partial charge in [0.1, 0.15) is 16.7 Å². The maximum absolute atomic E-state index is 12.0. The second-order valence-corrected chi connectivity index (χ2v) is 5.08. The van der Waals surface area contributed by atoms with Crippen LogP contribution in [0.25, 0.3) is 4.96 Å². The van der Waals surface area contributed by atoms with Crippen LogP contribution in [0.1, 0.15) is 31.2 Å². The Morgan fingerprint density at radius 1 is 1.65 bits per heavy atom. The summed E-state index contributed by atoms with van der Waals surface area (Å²) in [7, 11) is 0. The normalized spacial score (nSPS) is 17.9. The van der Waals surface area contributed by atoms with Gasteiger partial charge in [-0.1, -0.05) is 17.8 Å². The Bertz CT molecular complexity index is 529. The first-order valence-electron chi connectivity index (χ1n) is 5.61. The molecular formula is C10H12N4O2S. The van der Waals surface area contributed by atoms with Crippen molar-refractivity contribution in [3.63, 3.8) is 0 Å². The third kappa shape index (κ3) is 1.45. The van der Waals surface area contributed by atoms with E-state index in [1.807, 2.05) is 6.92 Å². The minimum Gasteiger partial charge on any atom is -0.465 e. The zero-order chi connectivity index (χ0) is 11.9. The van der Waals surface area contributed by atoms with E-state index >= 15 is 0 Å². The zero-order valence-corrected chi connectivity index (χ0v) is 10.2. The predicted octanol–water partition coefficient (Wildman–Crippen LogP) is 1.17. The molecule has 0 spiro atoms. The molecule has 2 aromatic rings. The van der Waals surface area contributed by atoms with E-state index < -0.39 is 5.41 Å². The van der Waals surface area contributed by atoms with Crippen LogP contribution in [0.4, 0.5) is 0 Å². The molecule has 0 N–H and O–H groups in total. The number of rotatable bonds is 3. The lowest BCUT2D eigenvalue weighted by molar-refractivity contribution is -0.153. The molecule has 0 bridgehead atoms. The van der Waals surface area contributed by atoms with Gasteiger partial charge in [0.15, 0.2) is 0 Å². The fourth-order valence-corrected chi connectivity index (χ4v) is 3.11. The molecule has 1 aliphatic rings. The Hall–Kier alpha value is -1.50. The molecule has 0 radical (unpaired) electrons. The molecule has 2 aromatic heterocycles. The van der Waals surface area contributed by atoms with Gasteiger partial charge >= 0.3 is 5.97 Å². The Morgan fingerprint density at radius 2 is 2.47 bits per heavy atom. The molecule has 0 unspecified atom stereocenters. The van der Waals surface area contributed by atoms with Crippen molar-refractivity contribution in [2.24, 2.45) is 0 Å². The van der Waals surface area contributed by atoms with Crippen LogP contribution in [0.15, 0.2) is 6.33 Å². The highest BCUT2D eigenvalue weighted by molar-refractivity contribution is 7.16. The number of fused-ring (bicyclic) bond motifs is 1. The highest BCUT2D eigenvalue weighted by atomic mass is 32.1. The molecule has 0 amide bonds. The van der Waals surface area contributed by atoms with Crippen LogP contribution < -0.4 is 0 Å². The number of carbonyl (C=O) groups is 1. The van der Waals surface area contributed by atoms with Gasteiger partial charge in [-0.15, -0.1) is 10.2 Å². The second kappa shape index (κ2) is 3.76. The molecule has 0 aliphatic heterocycles. The quantitative estimate of drug-likeness (QED) is 0.767. The minimum absolute atomic E-state index is 0.156. The topological polar surface area (TPSA) is 69.4 Å². The van der Waals surface area contributed by atoms with Crippen LogP contribution in [-0.2, 0) is 14.9 Å². The summed E-state index contributed by atoms with van der Waals surface area (Å²) in [4.78, 5) is 12.8. The monoisotopic (exact) mass is 252 g/mol. The average Bonchev–Trinajstić information content (AvgIpc) is 2.76. The Kier molecular flexibility index (Phi) is 2.36. The standard InChI is InChI=1S/C10H12N4O2S/c1-2-16-8(15)10(4-3-5-10)7-13-14-6-11-12-9(14)17-7/h6H,2-5H2,1H3. The molecule has 0 saturated heterocycles. The van der Waals surface area contributed by atoms with E-state index in [2.05, 4.69) is 15.3 Å². The highest BCUT2D eigenvalue weighted by Gasteiger charge is 2.50. The summed E-state index contributed by atoms with van der Waals surface area (Å²) in [6.45, 7) is 2.23. The van der Waals surface area contributed by atoms with Gasteiger partial charge in [0.25, 0.3) is 0 Å². The summed E-state index contributed by atoms with van der Waals surface area (Å²) >= 11 is 1.42. The third-order valence-corrected chi connectivity index (χ3v) is 4.29. The molecule has 0 aromatic carbocycles. The van der Waals surface area contributed by atoms with Crippen LogP contribution >= 0.6 is 11.3 Å². The van der Waals surface area contributed by atoms with Crippen LogP contribution in [0.3, 0.4) is 0 Å². The van der Waals surface area contributed by atoms with Gasteiger partial charge in [0.2, 0.25) is 4.96 Å². The van der Waals surface area contributed by atoms with E-state index in [0.29, 0.717) is 6.61 Å². The van der Waals surface area contributed by atoms with E-state index in [1.54, 1.807) is 10.8 Å². The zero-order valence-electron chi connectivity index (χ0n) is 9.42.